The fraction of sp³-hybridized carbons (Fsp3) is 0.800. The molecule has 0 radical (unpaired) electrons. The molecule has 1 aromatic heterocycles. The minimum absolute atomic E-state index is 0.347. The average molecular weight is 315 g/mol. The largest absolute Gasteiger partial charge is 0.445 e. The summed E-state index contributed by atoms with van der Waals surface area (Å²) in [5.41, 5.74) is 0. The van der Waals surface area contributed by atoms with E-state index >= 15 is 0 Å². The maximum absolute atomic E-state index is 12.5. The molecule has 0 atom stereocenters. The van der Waals surface area contributed by atoms with Gasteiger partial charge in [0.25, 0.3) is 0 Å². The maximum Gasteiger partial charge on any atom is 0.445 e. The normalized spacial score (nSPS) is 18.6. The Morgan fingerprint density at radius 2 is 1.95 bits per heavy atom. The van der Waals surface area contributed by atoms with E-state index in [0.717, 1.165) is 26.1 Å². The monoisotopic (exact) mass is 314 g/mol. The Bertz CT molecular complexity index is 412. The molecule has 1 aromatic rings. The Hall–Kier alpha value is -0.600. The Balaban J connectivity index is 2.00. The van der Waals surface area contributed by atoms with Gasteiger partial charge < -0.3 is 9.80 Å². The molecular weight excluding hydrogens is 301 g/mol. The summed E-state index contributed by atoms with van der Waals surface area (Å²) in [4.78, 5) is 4.07. The van der Waals surface area contributed by atoms with Gasteiger partial charge in [-0.2, -0.15) is 13.2 Å². The van der Waals surface area contributed by atoms with Crippen molar-refractivity contribution in [3.8, 4) is 0 Å². The van der Waals surface area contributed by atoms with Gasteiger partial charge in [-0.25, -0.2) is 0 Å². The van der Waals surface area contributed by atoms with Crippen LogP contribution >= 0.6 is 22.9 Å². The predicted molar refractivity (Wildman–Crippen MR) is 68.9 cm³/mol. The highest BCUT2D eigenvalue weighted by Crippen LogP contribution is 2.34. The SMILES string of the molecule is FC(F)(F)c1nnc(N2CCCN(CCCl)CC2)s1. The molecule has 19 heavy (non-hydrogen) atoms. The minimum Gasteiger partial charge on any atom is -0.345 e. The first-order valence-electron chi connectivity index (χ1n) is 5.94. The lowest BCUT2D eigenvalue weighted by atomic mass is 10.4. The summed E-state index contributed by atoms with van der Waals surface area (Å²) in [6.45, 7) is 3.86. The quantitative estimate of drug-likeness (QED) is 0.802. The van der Waals surface area contributed by atoms with Gasteiger partial charge in [0.05, 0.1) is 0 Å². The van der Waals surface area contributed by atoms with Crippen molar-refractivity contribution in [2.24, 2.45) is 0 Å². The Morgan fingerprint density at radius 1 is 1.16 bits per heavy atom. The second-order valence-corrected chi connectivity index (χ2v) is 5.59. The third-order valence-electron chi connectivity index (χ3n) is 2.92. The van der Waals surface area contributed by atoms with E-state index in [1.807, 2.05) is 4.90 Å². The number of aromatic nitrogens is 2. The highest BCUT2D eigenvalue weighted by atomic mass is 35.5. The maximum atomic E-state index is 12.5. The molecule has 4 nitrogen and oxygen atoms in total. The van der Waals surface area contributed by atoms with Crippen LogP contribution in [0.2, 0.25) is 0 Å². The number of rotatable bonds is 3. The minimum atomic E-state index is -4.41. The molecular formula is C10H14ClF3N4S. The lowest BCUT2D eigenvalue weighted by Gasteiger charge is -2.20. The van der Waals surface area contributed by atoms with Crippen molar-refractivity contribution in [2.75, 3.05) is 43.5 Å². The standard InChI is InChI=1S/C10H14ClF3N4S/c11-2-5-17-3-1-4-18(7-6-17)9-16-15-8(19-9)10(12,13)14/h1-7H2. The molecule has 108 valence electrons. The first-order valence-corrected chi connectivity index (χ1v) is 7.30. The lowest BCUT2D eigenvalue weighted by Crippen LogP contribution is -2.31. The summed E-state index contributed by atoms with van der Waals surface area (Å²) in [6, 6.07) is 0. The van der Waals surface area contributed by atoms with Crippen LogP contribution in [-0.4, -0.2) is 53.7 Å². The van der Waals surface area contributed by atoms with E-state index in [1.54, 1.807) is 0 Å². The summed E-state index contributed by atoms with van der Waals surface area (Å²) in [7, 11) is 0. The van der Waals surface area contributed by atoms with Crippen LogP contribution in [-0.2, 0) is 6.18 Å². The number of alkyl halides is 4. The van der Waals surface area contributed by atoms with Crippen LogP contribution in [0, 0.1) is 0 Å². The van der Waals surface area contributed by atoms with E-state index < -0.39 is 11.2 Å². The van der Waals surface area contributed by atoms with E-state index in [2.05, 4.69) is 15.1 Å². The highest BCUT2D eigenvalue weighted by molar-refractivity contribution is 7.15. The van der Waals surface area contributed by atoms with Crippen LogP contribution in [0.25, 0.3) is 0 Å². The first-order chi connectivity index (χ1) is 9.00. The van der Waals surface area contributed by atoms with Crippen molar-refractivity contribution in [1.29, 1.82) is 0 Å². The Kier molecular flexibility index (Phi) is 4.86. The molecule has 0 unspecified atom stereocenters. The summed E-state index contributed by atoms with van der Waals surface area (Å²) < 4.78 is 37.4. The number of nitrogens with zero attached hydrogens (tertiary/aromatic N) is 4. The molecule has 2 heterocycles. The molecule has 9 heteroatoms. The van der Waals surface area contributed by atoms with Crippen LogP contribution in [0.5, 0.6) is 0 Å². The fourth-order valence-electron chi connectivity index (χ4n) is 1.96. The topological polar surface area (TPSA) is 32.3 Å². The van der Waals surface area contributed by atoms with Crippen LogP contribution in [0.15, 0.2) is 0 Å². The van der Waals surface area contributed by atoms with Gasteiger partial charge in [-0.3, -0.25) is 0 Å². The zero-order valence-corrected chi connectivity index (χ0v) is 11.7. The third-order valence-corrected chi connectivity index (χ3v) is 4.11. The van der Waals surface area contributed by atoms with Crippen molar-refractivity contribution in [1.82, 2.24) is 15.1 Å². The zero-order valence-electron chi connectivity index (χ0n) is 10.2. The van der Waals surface area contributed by atoms with Gasteiger partial charge in [-0.05, 0) is 13.0 Å². The molecule has 0 amide bonds. The van der Waals surface area contributed by atoms with Crippen molar-refractivity contribution in [2.45, 2.75) is 12.6 Å². The molecule has 2 rings (SSSR count). The fourth-order valence-corrected chi connectivity index (χ4v) is 2.97. The van der Waals surface area contributed by atoms with Crippen molar-refractivity contribution >= 4 is 28.1 Å². The molecule has 0 aliphatic carbocycles. The molecule has 0 aromatic carbocycles. The van der Waals surface area contributed by atoms with E-state index in [-0.39, 0.29) is 0 Å². The summed E-state index contributed by atoms with van der Waals surface area (Å²) >= 11 is 6.30. The van der Waals surface area contributed by atoms with Crippen LogP contribution < -0.4 is 4.90 Å². The van der Waals surface area contributed by atoms with E-state index in [9.17, 15) is 13.2 Å². The van der Waals surface area contributed by atoms with Gasteiger partial charge in [0.1, 0.15) is 0 Å². The molecule has 0 saturated carbocycles. The van der Waals surface area contributed by atoms with Gasteiger partial charge >= 0.3 is 6.18 Å². The van der Waals surface area contributed by atoms with Crippen LogP contribution in [0.1, 0.15) is 11.4 Å². The van der Waals surface area contributed by atoms with Crippen molar-refractivity contribution in [3.05, 3.63) is 5.01 Å². The van der Waals surface area contributed by atoms with Crippen molar-refractivity contribution < 1.29 is 13.2 Å². The summed E-state index contributed by atoms with van der Waals surface area (Å²) in [6.07, 6.45) is -3.52. The number of hydrogen-bond acceptors (Lipinski definition) is 5. The predicted octanol–water partition coefficient (Wildman–Crippen LogP) is 2.31. The summed E-state index contributed by atoms with van der Waals surface area (Å²) in [5.74, 6) is 0.566. The van der Waals surface area contributed by atoms with Crippen molar-refractivity contribution in [3.63, 3.8) is 0 Å². The smallest absolute Gasteiger partial charge is 0.345 e. The van der Waals surface area contributed by atoms with Gasteiger partial charge in [0, 0.05) is 32.1 Å². The first kappa shape index (κ1) is 14.8. The summed E-state index contributed by atoms with van der Waals surface area (Å²) in [5, 5.41) is 6.33. The van der Waals surface area contributed by atoms with Gasteiger partial charge in [0.15, 0.2) is 0 Å². The van der Waals surface area contributed by atoms with Gasteiger partial charge in [-0.1, -0.05) is 11.3 Å². The number of halogens is 4. The molecule has 1 fully saturated rings. The molecule has 0 bridgehead atoms. The van der Waals surface area contributed by atoms with E-state index in [4.69, 9.17) is 11.6 Å². The molecule has 0 spiro atoms. The second-order valence-electron chi connectivity index (χ2n) is 4.26. The van der Waals surface area contributed by atoms with Gasteiger partial charge in [0.2, 0.25) is 10.1 Å². The molecule has 1 aliphatic heterocycles. The number of hydrogen-bond donors (Lipinski definition) is 0. The van der Waals surface area contributed by atoms with Crippen LogP contribution in [0.3, 0.4) is 0 Å². The number of anilines is 1. The second kappa shape index (κ2) is 6.23. The average Bonchev–Trinajstić information content (AvgIpc) is 2.72. The highest BCUT2D eigenvalue weighted by Gasteiger charge is 2.36. The van der Waals surface area contributed by atoms with E-state index in [0.29, 0.717) is 35.4 Å². The molecule has 0 N–H and O–H groups in total. The Morgan fingerprint density at radius 3 is 2.58 bits per heavy atom. The molecule has 1 aliphatic rings. The lowest BCUT2D eigenvalue weighted by molar-refractivity contribution is -0.138. The van der Waals surface area contributed by atoms with Gasteiger partial charge in [-0.15, -0.1) is 21.8 Å². The Labute approximate surface area is 118 Å². The zero-order chi connectivity index (χ0) is 13.9. The molecule has 1 saturated heterocycles. The van der Waals surface area contributed by atoms with E-state index in [1.165, 1.54) is 0 Å². The third kappa shape index (κ3) is 3.93. The van der Waals surface area contributed by atoms with Crippen LogP contribution in [0.4, 0.5) is 18.3 Å².